The lowest BCUT2D eigenvalue weighted by Crippen LogP contribution is -2.38. The van der Waals surface area contributed by atoms with Crippen LogP contribution in [-0.2, 0) is 5.41 Å². The highest BCUT2D eigenvalue weighted by Crippen LogP contribution is 2.54. The molecular weight excluding hydrogens is 482 g/mol. The van der Waals surface area contributed by atoms with Crippen LogP contribution in [0.1, 0.15) is 98.1 Å². The van der Waals surface area contributed by atoms with Gasteiger partial charge in [0.1, 0.15) is 0 Å². The lowest BCUT2D eigenvalue weighted by Gasteiger charge is -2.42. The number of hydrogen-bond acceptors (Lipinski definition) is 1. The maximum atomic E-state index is 10.0. The van der Waals surface area contributed by atoms with Gasteiger partial charge in [-0.05, 0) is 115 Å². The van der Waals surface area contributed by atoms with Gasteiger partial charge < -0.3 is 4.90 Å². The van der Waals surface area contributed by atoms with Crippen LogP contribution in [0.3, 0.4) is 0 Å². The zero-order valence-electron chi connectivity index (χ0n) is 26.4. The molecule has 0 atom stereocenters. The monoisotopic (exact) mass is 528 g/mol. The highest BCUT2D eigenvalue weighted by molar-refractivity contribution is 5.86. The second kappa shape index (κ2) is 9.65. The van der Waals surface area contributed by atoms with Gasteiger partial charge in [0.15, 0.2) is 0 Å². The standard InChI is InChI=1S/C39H45N/c1-37(2,3)40(30-19-17-28(18-20-30)27-13-9-8-10-14-27)36-26-33-31-15-11-12-16-34(31)39(6,7)35(33)25-32(36)29-21-23-38(4,5)24-22-29/h8-20,25-26,29H,21-24H2,1-7H3/i29D. The average molecular weight is 529 g/mol. The van der Waals surface area contributed by atoms with Crippen molar-refractivity contribution in [3.63, 3.8) is 0 Å². The molecule has 0 spiro atoms. The molecule has 0 radical (unpaired) electrons. The molecule has 6 rings (SSSR count). The first kappa shape index (κ1) is 25.6. The SMILES string of the molecule is [2H]C1(c2cc3c(cc2N(c2ccc(-c4ccccc4)cc2)C(C)(C)C)-c2ccccc2C3(C)C)CCC(C)(C)CC1. The molecule has 4 aromatic carbocycles. The van der Waals surface area contributed by atoms with Crippen molar-refractivity contribution in [2.24, 2.45) is 5.41 Å². The number of rotatable bonds is 4. The molecule has 4 aromatic rings. The van der Waals surface area contributed by atoms with Crippen molar-refractivity contribution < 1.29 is 1.37 Å². The summed E-state index contributed by atoms with van der Waals surface area (Å²) >= 11 is 0. The summed E-state index contributed by atoms with van der Waals surface area (Å²) < 4.78 is 10.0. The summed E-state index contributed by atoms with van der Waals surface area (Å²) in [4.78, 5) is 2.50. The molecule has 2 aliphatic carbocycles. The van der Waals surface area contributed by atoms with E-state index >= 15 is 0 Å². The van der Waals surface area contributed by atoms with E-state index in [1.54, 1.807) is 0 Å². The number of benzene rings is 4. The Balaban J connectivity index is 1.56. The van der Waals surface area contributed by atoms with Crippen molar-refractivity contribution >= 4 is 11.4 Å². The third kappa shape index (κ3) is 4.68. The zero-order chi connectivity index (χ0) is 29.2. The highest BCUT2D eigenvalue weighted by Gasteiger charge is 2.39. The van der Waals surface area contributed by atoms with E-state index < -0.39 is 5.89 Å². The fourth-order valence-electron chi connectivity index (χ4n) is 7.02. The van der Waals surface area contributed by atoms with Gasteiger partial charge in [0.05, 0.1) is 0 Å². The van der Waals surface area contributed by atoms with Crippen molar-refractivity contribution in [1.82, 2.24) is 0 Å². The minimum atomic E-state index is -0.613. The lowest BCUT2D eigenvalue weighted by molar-refractivity contribution is 0.224. The van der Waals surface area contributed by atoms with Gasteiger partial charge >= 0.3 is 0 Å². The van der Waals surface area contributed by atoms with Gasteiger partial charge in [-0.3, -0.25) is 0 Å². The number of nitrogens with zero attached hydrogens (tertiary/aromatic N) is 1. The molecule has 0 aromatic heterocycles. The molecule has 0 aliphatic heterocycles. The van der Waals surface area contributed by atoms with Crippen LogP contribution in [0.15, 0.2) is 91.0 Å². The molecule has 0 amide bonds. The summed E-state index contributed by atoms with van der Waals surface area (Å²) in [5, 5.41) is 0. The Kier molecular flexibility index (Phi) is 6.19. The first-order valence-electron chi connectivity index (χ1n) is 15.5. The predicted octanol–water partition coefficient (Wildman–Crippen LogP) is 11.3. The number of anilines is 2. The van der Waals surface area contributed by atoms with Gasteiger partial charge in [-0.25, -0.2) is 0 Å². The summed E-state index contributed by atoms with van der Waals surface area (Å²) in [6, 6.07) is 33.4. The third-order valence-electron chi connectivity index (χ3n) is 9.43. The van der Waals surface area contributed by atoms with Crippen molar-refractivity contribution in [3.8, 4) is 22.3 Å². The van der Waals surface area contributed by atoms with Crippen LogP contribution in [0.25, 0.3) is 22.3 Å². The van der Waals surface area contributed by atoms with Crippen LogP contribution in [0.5, 0.6) is 0 Å². The smallest absolute Gasteiger partial charge is 0.0457 e. The molecule has 1 fully saturated rings. The number of hydrogen-bond donors (Lipinski definition) is 0. The van der Waals surface area contributed by atoms with E-state index in [0.29, 0.717) is 5.41 Å². The second-order valence-corrected chi connectivity index (χ2v) is 14.3. The van der Waals surface area contributed by atoms with Gasteiger partial charge in [-0.2, -0.15) is 0 Å². The quantitative estimate of drug-likeness (QED) is 0.254. The largest absolute Gasteiger partial charge is 0.336 e. The van der Waals surface area contributed by atoms with Crippen LogP contribution in [-0.4, -0.2) is 5.54 Å². The Morgan fingerprint density at radius 2 is 1.30 bits per heavy atom. The van der Waals surface area contributed by atoms with Gasteiger partial charge in [0.25, 0.3) is 0 Å². The van der Waals surface area contributed by atoms with Crippen molar-refractivity contribution in [3.05, 3.63) is 108 Å². The Bertz CT molecular complexity index is 1560. The van der Waals surface area contributed by atoms with Gasteiger partial charge in [-0.1, -0.05) is 100 Å². The van der Waals surface area contributed by atoms with Gasteiger partial charge in [0.2, 0.25) is 0 Å². The van der Waals surface area contributed by atoms with E-state index in [9.17, 15) is 1.37 Å². The van der Waals surface area contributed by atoms with Crippen LogP contribution in [0.2, 0.25) is 0 Å². The van der Waals surface area contributed by atoms with E-state index in [0.717, 1.165) is 25.7 Å². The summed E-state index contributed by atoms with van der Waals surface area (Å²) in [6.45, 7) is 16.3. The second-order valence-electron chi connectivity index (χ2n) is 14.3. The molecular formula is C39H45N. The molecule has 1 saturated carbocycles. The van der Waals surface area contributed by atoms with Crippen molar-refractivity contribution in [1.29, 1.82) is 0 Å². The molecule has 40 heavy (non-hydrogen) atoms. The molecule has 0 unspecified atom stereocenters. The molecule has 2 aliphatic rings. The van der Waals surface area contributed by atoms with Crippen molar-refractivity contribution in [2.45, 2.75) is 91.0 Å². The highest BCUT2D eigenvalue weighted by atomic mass is 15.2. The Labute approximate surface area is 243 Å². The van der Waals surface area contributed by atoms with E-state index in [2.05, 4.69) is 144 Å². The predicted molar refractivity (Wildman–Crippen MR) is 173 cm³/mol. The fraction of sp³-hybridized carbons (Fsp3) is 0.385. The number of fused-ring (bicyclic) bond motifs is 3. The minimum Gasteiger partial charge on any atom is -0.336 e. The van der Waals surface area contributed by atoms with Gasteiger partial charge in [-0.15, -0.1) is 0 Å². The van der Waals surface area contributed by atoms with Crippen LogP contribution in [0, 0.1) is 5.41 Å². The molecule has 0 N–H and O–H groups in total. The molecule has 206 valence electrons. The third-order valence-corrected chi connectivity index (χ3v) is 9.43. The topological polar surface area (TPSA) is 3.24 Å². The Hall–Kier alpha value is -3.32. The van der Waals surface area contributed by atoms with E-state index in [4.69, 9.17) is 0 Å². The zero-order valence-corrected chi connectivity index (χ0v) is 25.4. The van der Waals surface area contributed by atoms with Gasteiger partial charge in [0, 0.05) is 23.7 Å². The van der Waals surface area contributed by atoms with Crippen molar-refractivity contribution in [2.75, 3.05) is 4.90 Å². The molecule has 0 heterocycles. The van der Waals surface area contributed by atoms with Crippen LogP contribution >= 0.6 is 0 Å². The Morgan fingerprint density at radius 1 is 0.700 bits per heavy atom. The molecule has 1 nitrogen and oxygen atoms in total. The normalized spacial score (nSPS) is 18.9. The van der Waals surface area contributed by atoms with E-state index in [1.165, 1.54) is 50.3 Å². The first-order valence-corrected chi connectivity index (χ1v) is 15.0. The summed E-state index contributed by atoms with van der Waals surface area (Å²) in [7, 11) is 0. The van der Waals surface area contributed by atoms with E-state index in [1.807, 2.05) is 0 Å². The molecule has 1 heteroatoms. The average Bonchev–Trinajstić information content (AvgIpc) is 3.16. The minimum absolute atomic E-state index is 0.0899. The Morgan fingerprint density at radius 3 is 1.95 bits per heavy atom. The lowest BCUT2D eigenvalue weighted by atomic mass is 9.70. The van der Waals surface area contributed by atoms with Crippen LogP contribution in [0.4, 0.5) is 11.4 Å². The molecule has 0 bridgehead atoms. The molecule has 0 saturated heterocycles. The first-order chi connectivity index (χ1) is 19.3. The summed E-state index contributed by atoms with van der Waals surface area (Å²) in [5.74, 6) is -0.613. The summed E-state index contributed by atoms with van der Waals surface area (Å²) in [5.41, 5.74) is 11.4. The summed E-state index contributed by atoms with van der Waals surface area (Å²) in [6.07, 6.45) is 3.95. The maximum absolute atomic E-state index is 10.0. The maximum Gasteiger partial charge on any atom is 0.0457 e. The van der Waals surface area contributed by atoms with Crippen LogP contribution < -0.4 is 4.90 Å². The van der Waals surface area contributed by atoms with E-state index in [-0.39, 0.29) is 11.0 Å². The fourth-order valence-corrected chi connectivity index (χ4v) is 7.02.